The van der Waals surface area contributed by atoms with Crippen molar-refractivity contribution in [3.63, 3.8) is 0 Å². The van der Waals surface area contributed by atoms with Crippen LogP contribution in [0.1, 0.15) is 62.6 Å². The second-order valence-corrected chi connectivity index (χ2v) is 10.3. The molecule has 0 saturated heterocycles. The standard InChI is InChI=1S/C25H36N2O5S/c1-18(2)22-9-7-10-23(19(3)4)24(22)26-25(28)27(15-8-16-31-5)17-20-11-13-21(14-12-20)32-33(6,29)30/h7,9-14,18-19H,8,15-17H2,1-6H3,(H,26,28). The third kappa shape index (κ3) is 8.37. The average Bonchev–Trinajstić information content (AvgIpc) is 2.73. The van der Waals surface area contributed by atoms with E-state index in [1.54, 1.807) is 36.3 Å². The van der Waals surface area contributed by atoms with Gasteiger partial charge in [0, 0.05) is 32.5 Å². The molecule has 182 valence electrons. The van der Waals surface area contributed by atoms with Gasteiger partial charge in [-0.25, -0.2) is 4.79 Å². The first-order valence-corrected chi connectivity index (χ1v) is 13.0. The van der Waals surface area contributed by atoms with Crippen LogP contribution in [0.15, 0.2) is 42.5 Å². The van der Waals surface area contributed by atoms with E-state index in [9.17, 15) is 13.2 Å². The van der Waals surface area contributed by atoms with E-state index in [1.165, 1.54) is 0 Å². The molecule has 0 radical (unpaired) electrons. The fourth-order valence-corrected chi connectivity index (χ4v) is 4.04. The monoisotopic (exact) mass is 476 g/mol. The van der Waals surface area contributed by atoms with Gasteiger partial charge in [-0.15, -0.1) is 0 Å². The summed E-state index contributed by atoms with van der Waals surface area (Å²) in [7, 11) is -1.95. The summed E-state index contributed by atoms with van der Waals surface area (Å²) in [6.45, 7) is 9.90. The SMILES string of the molecule is COCCCN(Cc1ccc(OS(C)(=O)=O)cc1)C(=O)Nc1c(C(C)C)cccc1C(C)C. The topological polar surface area (TPSA) is 84.9 Å². The Morgan fingerprint density at radius 1 is 1.00 bits per heavy atom. The molecule has 2 aromatic carbocycles. The van der Waals surface area contributed by atoms with Gasteiger partial charge in [0.15, 0.2) is 0 Å². The quantitative estimate of drug-likeness (QED) is 0.349. The molecule has 0 aromatic heterocycles. The Kier molecular flexibility index (Phi) is 9.73. The maximum Gasteiger partial charge on any atom is 0.322 e. The molecule has 0 fully saturated rings. The summed E-state index contributed by atoms with van der Waals surface area (Å²) in [5.41, 5.74) is 3.95. The average molecular weight is 477 g/mol. The lowest BCUT2D eigenvalue weighted by Gasteiger charge is -2.26. The van der Waals surface area contributed by atoms with Crippen LogP contribution >= 0.6 is 0 Å². The van der Waals surface area contributed by atoms with Gasteiger partial charge in [-0.05, 0) is 47.1 Å². The van der Waals surface area contributed by atoms with Crippen LogP contribution in [0.2, 0.25) is 0 Å². The van der Waals surface area contributed by atoms with E-state index in [-0.39, 0.29) is 23.6 Å². The van der Waals surface area contributed by atoms with Crippen LogP contribution in [0.3, 0.4) is 0 Å². The first-order chi connectivity index (χ1) is 15.5. The van der Waals surface area contributed by atoms with Gasteiger partial charge in [-0.2, -0.15) is 8.42 Å². The molecule has 33 heavy (non-hydrogen) atoms. The van der Waals surface area contributed by atoms with Crippen molar-refractivity contribution in [2.24, 2.45) is 0 Å². The number of amides is 2. The molecule has 0 heterocycles. The second kappa shape index (κ2) is 12.0. The minimum Gasteiger partial charge on any atom is -0.385 e. The lowest BCUT2D eigenvalue weighted by molar-refractivity contribution is 0.171. The summed E-state index contributed by atoms with van der Waals surface area (Å²) in [6.07, 6.45) is 1.70. The summed E-state index contributed by atoms with van der Waals surface area (Å²) in [6, 6.07) is 12.7. The molecule has 0 aliphatic rings. The zero-order valence-electron chi connectivity index (χ0n) is 20.4. The van der Waals surface area contributed by atoms with Crippen LogP contribution in [0, 0.1) is 0 Å². The minimum absolute atomic E-state index is 0.183. The van der Waals surface area contributed by atoms with E-state index >= 15 is 0 Å². The molecule has 2 aromatic rings. The molecule has 0 spiro atoms. The van der Waals surface area contributed by atoms with E-state index in [1.807, 2.05) is 6.07 Å². The molecule has 8 heteroatoms. The van der Waals surface area contributed by atoms with Gasteiger partial charge in [0.1, 0.15) is 5.75 Å². The minimum atomic E-state index is -3.59. The Bertz CT molecular complexity index is 991. The number of para-hydroxylation sites is 1. The van der Waals surface area contributed by atoms with Gasteiger partial charge in [0.25, 0.3) is 0 Å². The van der Waals surface area contributed by atoms with Gasteiger partial charge in [-0.3, -0.25) is 0 Å². The van der Waals surface area contributed by atoms with Gasteiger partial charge < -0.3 is 19.1 Å². The highest BCUT2D eigenvalue weighted by molar-refractivity contribution is 7.86. The molecule has 0 aliphatic heterocycles. The van der Waals surface area contributed by atoms with E-state index in [0.717, 1.165) is 28.6 Å². The predicted molar refractivity (Wildman–Crippen MR) is 132 cm³/mol. The largest absolute Gasteiger partial charge is 0.385 e. The highest BCUT2D eigenvalue weighted by Gasteiger charge is 2.20. The highest BCUT2D eigenvalue weighted by atomic mass is 32.2. The van der Waals surface area contributed by atoms with Crippen LogP contribution in [-0.4, -0.2) is 45.9 Å². The number of anilines is 1. The number of hydrogen-bond acceptors (Lipinski definition) is 5. The normalized spacial score (nSPS) is 11.6. The molecule has 2 amide bonds. The van der Waals surface area contributed by atoms with E-state index in [4.69, 9.17) is 8.92 Å². The molecule has 2 rings (SSSR count). The van der Waals surface area contributed by atoms with Crippen molar-refractivity contribution < 1.29 is 22.1 Å². The number of carbonyl (C=O) groups excluding carboxylic acids is 1. The Labute approximate surface area is 198 Å². The lowest BCUT2D eigenvalue weighted by Crippen LogP contribution is -2.36. The van der Waals surface area contributed by atoms with E-state index < -0.39 is 10.1 Å². The van der Waals surface area contributed by atoms with E-state index in [0.29, 0.717) is 26.1 Å². The molecule has 0 unspecified atom stereocenters. The molecule has 0 aliphatic carbocycles. The van der Waals surface area contributed by atoms with E-state index in [2.05, 4.69) is 45.1 Å². The Balaban J connectivity index is 2.26. The van der Waals surface area contributed by atoms with Crippen LogP contribution < -0.4 is 9.50 Å². The van der Waals surface area contributed by atoms with Gasteiger partial charge in [0.2, 0.25) is 0 Å². The lowest BCUT2D eigenvalue weighted by atomic mass is 9.93. The number of benzene rings is 2. The first kappa shape index (κ1) is 26.7. The number of nitrogens with one attached hydrogen (secondary N) is 1. The third-order valence-corrected chi connectivity index (χ3v) is 5.71. The van der Waals surface area contributed by atoms with Gasteiger partial charge in [0.05, 0.1) is 6.26 Å². The van der Waals surface area contributed by atoms with Crippen molar-refractivity contribution >= 4 is 21.8 Å². The molecular weight excluding hydrogens is 440 g/mol. The summed E-state index contributed by atoms with van der Waals surface area (Å²) in [5, 5.41) is 3.17. The van der Waals surface area contributed by atoms with Gasteiger partial charge in [-0.1, -0.05) is 58.0 Å². The Hall–Kier alpha value is -2.58. The number of carbonyl (C=O) groups is 1. The molecular formula is C25H36N2O5S. The maximum atomic E-state index is 13.4. The second-order valence-electron chi connectivity index (χ2n) is 8.75. The summed E-state index contributed by atoms with van der Waals surface area (Å²) in [4.78, 5) is 15.1. The molecule has 0 bridgehead atoms. The molecule has 0 saturated carbocycles. The zero-order valence-corrected chi connectivity index (χ0v) is 21.2. The van der Waals surface area contributed by atoms with Crippen molar-refractivity contribution in [1.82, 2.24) is 4.90 Å². The third-order valence-electron chi connectivity index (χ3n) is 5.21. The number of methoxy groups -OCH3 is 1. The summed E-state index contributed by atoms with van der Waals surface area (Å²) >= 11 is 0. The highest BCUT2D eigenvalue weighted by Crippen LogP contribution is 2.32. The van der Waals surface area contributed by atoms with Crippen LogP contribution in [0.5, 0.6) is 5.75 Å². The smallest absolute Gasteiger partial charge is 0.322 e. The van der Waals surface area contributed by atoms with Crippen molar-refractivity contribution in [3.05, 3.63) is 59.2 Å². The molecule has 0 atom stereocenters. The zero-order chi connectivity index (χ0) is 24.6. The Morgan fingerprint density at radius 3 is 2.06 bits per heavy atom. The van der Waals surface area contributed by atoms with Gasteiger partial charge >= 0.3 is 16.1 Å². The number of ether oxygens (including phenoxy) is 1. The summed E-state index contributed by atoms with van der Waals surface area (Å²) < 4.78 is 32.7. The fraction of sp³-hybridized carbons (Fsp3) is 0.480. The van der Waals surface area contributed by atoms with Crippen LogP contribution in [-0.2, 0) is 21.4 Å². The number of urea groups is 1. The summed E-state index contributed by atoms with van der Waals surface area (Å²) in [5.74, 6) is 0.774. The Morgan fingerprint density at radius 2 is 1.58 bits per heavy atom. The molecule has 1 N–H and O–H groups in total. The maximum absolute atomic E-state index is 13.4. The first-order valence-electron chi connectivity index (χ1n) is 11.2. The van der Waals surface area contributed by atoms with Crippen molar-refractivity contribution in [1.29, 1.82) is 0 Å². The van der Waals surface area contributed by atoms with Crippen LogP contribution in [0.4, 0.5) is 10.5 Å². The predicted octanol–water partition coefficient (Wildman–Crippen LogP) is 5.34. The van der Waals surface area contributed by atoms with Crippen molar-refractivity contribution in [2.45, 2.75) is 52.5 Å². The number of hydrogen-bond donors (Lipinski definition) is 1. The molecule has 7 nitrogen and oxygen atoms in total. The fourth-order valence-electron chi connectivity index (χ4n) is 3.58. The number of nitrogens with zero attached hydrogens (tertiary/aromatic N) is 1. The van der Waals surface area contributed by atoms with Crippen LogP contribution in [0.25, 0.3) is 0 Å². The van der Waals surface area contributed by atoms with Crippen molar-refractivity contribution in [2.75, 3.05) is 31.8 Å². The number of rotatable bonds is 11. The van der Waals surface area contributed by atoms with Crippen molar-refractivity contribution in [3.8, 4) is 5.75 Å².